The zero-order valence-electron chi connectivity index (χ0n) is 16.6. The Balaban J connectivity index is 1.81. The third-order valence-corrected chi connectivity index (χ3v) is 5.48. The molecule has 0 saturated carbocycles. The van der Waals surface area contributed by atoms with Gasteiger partial charge in [0.25, 0.3) is 0 Å². The molecule has 2 N–H and O–H groups in total. The molecule has 0 aliphatic carbocycles. The van der Waals surface area contributed by atoms with Crippen LogP contribution in [0.1, 0.15) is 44.3 Å². The molecule has 2 heterocycles. The van der Waals surface area contributed by atoms with Gasteiger partial charge in [-0.2, -0.15) is 0 Å². The van der Waals surface area contributed by atoms with Crippen molar-refractivity contribution in [3.05, 3.63) is 30.1 Å². The number of rotatable bonds is 8. The monoisotopic (exact) mass is 372 g/mol. The molecule has 0 bridgehead atoms. The van der Waals surface area contributed by atoms with Crippen molar-refractivity contribution in [2.24, 2.45) is 11.7 Å². The summed E-state index contributed by atoms with van der Waals surface area (Å²) in [5.74, 6) is 1.85. The third kappa shape index (κ3) is 4.68. The van der Waals surface area contributed by atoms with Crippen LogP contribution in [0.3, 0.4) is 0 Å². The average Bonchev–Trinajstić information content (AvgIpc) is 3.07. The number of nitrogens with two attached hydrogens (primary N) is 1. The summed E-state index contributed by atoms with van der Waals surface area (Å²) in [4.78, 5) is 19.6. The van der Waals surface area contributed by atoms with Gasteiger partial charge in [0, 0.05) is 45.7 Å². The fourth-order valence-corrected chi connectivity index (χ4v) is 3.93. The van der Waals surface area contributed by atoms with Gasteiger partial charge in [0.2, 0.25) is 5.91 Å². The topological polar surface area (TPSA) is 73.4 Å². The minimum atomic E-state index is 0.222. The molecule has 0 unspecified atom stereocenters. The lowest BCUT2D eigenvalue weighted by atomic mass is 9.96. The normalized spacial score (nSPS) is 18.8. The van der Waals surface area contributed by atoms with E-state index in [9.17, 15) is 4.79 Å². The molecule has 2 aromatic rings. The van der Waals surface area contributed by atoms with E-state index in [1.54, 1.807) is 7.11 Å². The molecule has 1 amide bonds. The largest absolute Gasteiger partial charge is 0.385 e. The van der Waals surface area contributed by atoms with Crippen LogP contribution in [0, 0.1) is 5.92 Å². The Morgan fingerprint density at radius 2 is 2.22 bits per heavy atom. The van der Waals surface area contributed by atoms with Crippen molar-refractivity contribution in [1.82, 2.24) is 14.5 Å². The van der Waals surface area contributed by atoms with Crippen LogP contribution in [0.25, 0.3) is 11.0 Å². The number of ether oxygens (including phenoxy) is 1. The molecule has 3 rings (SSSR count). The first kappa shape index (κ1) is 19.8. The number of nitrogens with zero attached hydrogens (tertiary/aromatic N) is 3. The molecule has 1 aliphatic heterocycles. The summed E-state index contributed by atoms with van der Waals surface area (Å²) < 4.78 is 7.57. The molecule has 1 saturated heterocycles. The van der Waals surface area contributed by atoms with Crippen LogP contribution in [0.15, 0.2) is 24.3 Å². The maximum Gasteiger partial charge on any atom is 0.222 e. The quantitative estimate of drug-likeness (QED) is 0.723. The van der Waals surface area contributed by atoms with Crippen molar-refractivity contribution in [2.45, 2.75) is 45.1 Å². The predicted molar refractivity (Wildman–Crippen MR) is 108 cm³/mol. The fraction of sp³-hybridized carbons (Fsp3) is 0.619. The van der Waals surface area contributed by atoms with Crippen molar-refractivity contribution in [3.8, 4) is 0 Å². The Labute approximate surface area is 161 Å². The first-order valence-corrected chi connectivity index (χ1v) is 10.1. The summed E-state index contributed by atoms with van der Waals surface area (Å²) >= 11 is 0. The molecule has 148 valence electrons. The van der Waals surface area contributed by atoms with Crippen LogP contribution in [-0.4, -0.2) is 53.7 Å². The smallest absolute Gasteiger partial charge is 0.222 e. The van der Waals surface area contributed by atoms with Crippen LogP contribution in [0.4, 0.5) is 0 Å². The van der Waals surface area contributed by atoms with Gasteiger partial charge >= 0.3 is 0 Å². The summed E-state index contributed by atoms with van der Waals surface area (Å²) in [5, 5.41) is 0. The lowest BCUT2D eigenvalue weighted by Gasteiger charge is -2.33. The van der Waals surface area contributed by atoms with E-state index in [2.05, 4.69) is 22.8 Å². The van der Waals surface area contributed by atoms with Gasteiger partial charge in [0.05, 0.1) is 11.0 Å². The number of carbonyl (C=O) groups is 1. The lowest BCUT2D eigenvalue weighted by molar-refractivity contribution is -0.133. The number of para-hydroxylation sites is 2. The van der Waals surface area contributed by atoms with E-state index in [0.717, 1.165) is 56.8 Å². The van der Waals surface area contributed by atoms with Crippen LogP contribution in [0.5, 0.6) is 0 Å². The van der Waals surface area contributed by atoms with Crippen molar-refractivity contribution >= 4 is 16.9 Å². The third-order valence-electron chi connectivity index (χ3n) is 5.48. The van der Waals surface area contributed by atoms with Gasteiger partial charge in [-0.15, -0.1) is 0 Å². The highest BCUT2D eigenvalue weighted by Gasteiger charge is 2.28. The molecule has 27 heavy (non-hydrogen) atoms. The molecule has 1 aromatic heterocycles. The Kier molecular flexibility index (Phi) is 6.85. The van der Waals surface area contributed by atoms with Crippen LogP contribution in [0.2, 0.25) is 0 Å². The number of amides is 1. The first-order valence-electron chi connectivity index (χ1n) is 10.1. The Bertz CT molecular complexity index is 758. The second-order valence-electron chi connectivity index (χ2n) is 7.68. The highest BCUT2D eigenvalue weighted by atomic mass is 16.5. The van der Waals surface area contributed by atoms with Crippen molar-refractivity contribution in [1.29, 1.82) is 0 Å². The van der Waals surface area contributed by atoms with E-state index in [4.69, 9.17) is 15.5 Å². The minimum absolute atomic E-state index is 0.222. The number of likely N-dealkylation sites (tertiary alicyclic amines) is 1. The number of aryl methyl sites for hydroxylation is 1. The highest BCUT2D eigenvalue weighted by Crippen LogP contribution is 2.30. The molecular formula is C21H32N4O2. The van der Waals surface area contributed by atoms with Gasteiger partial charge in [-0.1, -0.05) is 19.1 Å². The lowest BCUT2D eigenvalue weighted by Crippen LogP contribution is -2.40. The number of methoxy groups -OCH3 is 1. The zero-order chi connectivity index (χ0) is 19.2. The van der Waals surface area contributed by atoms with Gasteiger partial charge in [-0.25, -0.2) is 4.98 Å². The highest BCUT2D eigenvalue weighted by molar-refractivity contribution is 5.77. The number of hydrogen-bond donors (Lipinski definition) is 1. The molecule has 1 aromatic carbocycles. The molecule has 6 nitrogen and oxygen atoms in total. The zero-order valence-corrected chi connectivity index (χ0v) is 16.6. The van der Waals surface area contributed by atoms with E-state index in [1.165, 1.54) is 5.52 Å². The standard InChI is InChI=1S/C21H32N4O2/c1-16(14-22)13-20(26)24-10-5-7-17(15-24)21-23-18-8-3-4-9-19(18)25(21)11-6-12-27-2/h3-4,8-9,16-17H,5-7,10-15,22H2,1-2H3/t16-,17+/m0/s1. The predicted octanol–water partition coefficient (Wildman–Crippen LogP) is 2.76. The van der Waals surface area contributed by atoms with Crippen LogP contribution < -0.4 is 5.73 Å². The second-order valence-corrected chi connectivity index (χ2v) is 7.68. The number of aromatic nitrogens is 2. The van der Waals surface area contributed by atoms with Gasteiger partial charge < -0.3 is 19.9 Å². The average molecular weight is 373 g/mol. The maximum atomic E-state index is 12.6. The van der Waals surface area contributed by atoms with Gasteiger partial charge in [0.1, 0.15) is 5.82 Å². The van der Waals surface area contributed by atoms with E-state index < -0.39 is 0 Å². The number of imidazole rings is 1. The van der Waals surface area contributed by atoms with Crippen molar-refractivity contribution < 1.29 is 9.53 Å². The van der Waals surface area contributed by atoms with Crippen molar-refractivity contribution in [3.63, 3.8) is 0 Å². The van der Waals surface area contributed by atoms with Gasteiger partial charge in [-0.05, 0) is 43.9 Å². The fourth-order valence-electron chi connectivity index (χ4n) is 3.93. The Morgan fingerprint density at radius 3 is 3.00 bits per heavy atom. The summed E-state index contributed by atoms with van der Waals surface area (Å²) in [5.41, 5.74) is 7.90. The van der Waals surface area contributed by atoms with Crippen LogP contribution >= 0.6 is 0 Å². The van der Waals surface area contributed by atoms with Gasteiger partial charge in [0.15, 0.2) is 0 Å². The number of piperidine rings is 1. The molecule has 1 fully saturated rings. The number of fused-ring (bicyclic) bond motifs is 1. The summed E-state index contributed by atoms with van der Waals surface area (Å²) in [6, 6.07) is 8.29. The van der Waals surface area contributed by atoms with E-state index in [1.807, 2.05) is 17.9 Å². The van der Waals surface area contributed by atoms with E-state index in [-0.39, 0.29) is 17.7 Å². The Morgan fingerprint density at radius 1 is 1.41 bits per heavy atom. The van der Waals surface area contributed by atoms with Crippen LogP contribution in [-0.2, 0) is 16.1 Å². The number of carbonyl (C=O) groups excluding carboxylic acids is 1. The Hall–Kier alpha value is -1.92. The van der Waals surface area contributed by atoms with E-state index >= 15 is 0 Å². The van der Waals surface area contributed by atoms with Crippen molar-refractivity contribution in [2.75, 3.05) is 33.4 Å². The van der Waals surface area contributed by atoms with E-state index in [0.29, 0.717) is 13.0 Å². The molecule has 0 radical (unpaired) electrons. The molecule has 1 aliphatic rings. The molecule has 0 spiro atoms. The number of hydrogen-bond acceptors (Lipinski definition) is 4. The second kappa shape index (κ2) is 9.33. The summed E-state index contributed by atoms with van der Waals surface area (Å²) in [6.45, 7) is 5.81. The van der Waals surface area contributed by atoms with Gasteiger partial charge in [-0.3, -0.25) is 4.79 Å². The SMILES string of the molecule is COCCCn1c([C@@H]2CCCN(C(=O)C[C@H](C)CN)C2)nc2ccccc21. The summed E-state index contributed by atoms with van der Waals surface area (Å²) in [6.07, 6.45) is 3.58. The number of benzene rings is 1. The molecule has 2 atom stereocenters. The first-order chi connectivity index (χ1) is 13.1. The summed E-state index contributed by atoms with van der Waals surface area (Å²) in [7, 11) is 1.74. The maximum absolute atomic E-state index is 12.6. The molecule has 6 heteroatoms. The minimum Gasteiger partial charge on any atom is -0.385 e. The molecular weight excluding hydrogens is 340 g/mol.